The number of aromatic nitrogens is 3. The Balaban J connectivity index is 1.31. The van der Waals surface area contributed by atoms with Gasteiger partial charge >= 0.3 is 0 Å². The maximum Gasteiger partial charge on any atom is 0.216 e. The minimum absolute atomic E-state index is 0.0640. The molecule has 3 heterocycles. The number of rotatable bonds is 7. The molecule has 1 unspecified atom stereocenters. The molecule has 1 atom stereocenters. The number of sulfonamides is 1. The molecule has 1 saturated heterocycles. The zero-order valence-electron chi connectivity index (χ0n) is 19.0. The van der Waals surface area contributed by atoms with Gasteiger partial charge in [0.2, 0.25) is 15.9 Å². The van der Waals surface area contributed by atoms with Crippen LogP contribution in [0.25, 0.3) is 11.0 Å². The highest BCUT2D eigenvalue weighted by Gasteiger charge is 2.33. The summed E-state index contributed by atoms with van der Waals surface area (Å²) in [6, 6.07) is 2.34. The van der Waals surface area contributed by atoms with E-state index in [4.69, 9.17) is 0 Å². The SMILES string of the molecule is CC(=O)NCC1CCCN(S(=O)(=O)CC2CCC(N(C)c3ncnc4[nH]ccc34)CC2)C1. The molecule has 2 aromatic rings. The summed E-state index contributed by atoms with van der Waals surface area (Å²) in [4.78, 5) is 25.3. The summed E-state index contributed by atoms with van der Waals surface area (Å²) in [6.45, 7) is 3.16. The molecule has 0 bridgehead atoms. The molecule has 1 aliphatic carbocycles. The number of fused-ring (bicyclic) bond motifs is 1. The summed E-state index contributed by atoms with van der Waals surface area (Å²) in [5.74, 6) is 1.48. The Morgan fingerprint density at radius 3 is 2.75 bits per heavy atom. The summed E-state index contributed by atoms with van der Waals surface area (Å²) < 4.78 is 27.9. The lowest BCUT2D eigenvalue weighted by Crippen LogP contribution is -2.45. The zero-order valence-corrected chi connectivity index (χ0v) is 19.8. The van der Waals surface area contributed by atoms with Crippen LogP contribution in [0.2, 0.25) is 0 Å². The van der Waals surface area contributed by atoms with Crippen molar-refractivity contribution in [2.75, 3.05) is 37.3 Å². The monoisotopic (exact) mass is 462 g/mol. The van der Waals surface area contributed by atoms with E-state index >= 15 is 0 Å². The average molecular weight is 463 g/mol. The second-order valence-electron chi connectivity index (χ2n) is 9.30. The van der Waals surface area contributed by atoms with Crippen LogP contribution in [0.5, 0.6) is 0 Å². The van der Waals surface area contributed by atoms with Crippen molar-refractivity contribution in [3.63, 3.8) is 0 Å². The van der Waals surface area contributed by atoms with Crippen molar-refractivity contribution < 1.29 is 13.2 Å². The standard InChI is InChI=1S/C22H34N6O3S/c1-16(29)24-12-18-4-3-11-28(13-18)32(30,31)14-17-5-7-19(8-6-17)27(2)22-20-9-10-23-21(20)25-15-26-22/h9-10,15,17-19H,3-8,11-14H2,1-2H3,(H,24,29)(H,23,25,26). The topological polar surface area (TPSA) is 111 Å². The van der Waals surface area contributed by atoms with Crippen molar-refractivity contribution in [1.82, 2.24) is 24.6 Å². The molecule has 2 aromatic heterocycles. The van der Waals surface area contributed by atoms with Gasteiger partial charge in [0.25, 0.3) is 0 Å². The first-order valence-electron chi connectivity index (χ1n) is 11.6. The second kappa shape index (κ2) is 9.74. The third-order valence-electron chi connectivity index (χ3n) is 6.99. The van der Waals surface area contributed by atoms with Crippen LogP contribution in [0.15, 0.2) is 18.6 Å². The summed E-state index contributed by atoms with van der Waals surface area (Å²) in [5, 5.41) is 3.84. The number of hydrogen-bond donors (Lipinski definition) is 2. The van der Waals surface area contributed by atoms with Gasteiger partial charge in [-0.25, -0.2) is 22.7 Å². The number of carbonyl (C=O) groups excluding carboxylic acids is 1. The molecule has 0 aromatic carbocycles. The molecule has 176 valence electrons. The van der Waals surface area contributed by atoms with E-state index in [1.54, 1.807) is 10.6 Å². The van der Waals surface area contributed by atoms with E-state index in [0.717, 1.165) is 55.4 Å². The summed E-state index contributed by atoms with van der Waals surface area (Å²) >= 11 is 0. The largest absolute Gasteiger partial charge is 0.356 e. The van der Waals surface area contributed by atoms with Gasteiger partial charge < -0.3 is 15.2 Å². The number of nitrogens with one attached hydrogen (secondary N) is 2. The van der Waals surface area contributed by atoms with Gasteiger partial charge in [0, 0.05) is 45.8 Å². The third kappa shape index (κ3) is 5.23. The fourth-order valence-electron chi connectivity index (χ4n) is 5.15. The molecule has 32 heavy (non-hydrogen) atoms. The zero-order chi connectivity index (χ0) is 22.7. The molecule has 2 aliphatic rings. The molecule has 1 saturated carbocycles. The number of piperidine rings is 1. The Labute approximate surface area is 190 Å². The van der Waals surface area contributed by atoms with Crippen LogP contribution >= 0.6 is 0 Å². The van der Waals surface area contributed by atoms with Crippen LogP contribution in [0, 0.1) is 11.8 Å². The fraction of sp³-hybridized carbons (Fsp3) is 0.682. The highest BCUT2D eigenvalue weighted by Crippen LogP contribution is 2.33. The Bertz CT molecular complexity index is 1030. The first kappa shape index (κ1) is 23.0. The van der Waals surface area contributed by atoms with Gasteiger partial charge in [0.05, 0.1) is 11.1 Å². The number of amides is 1. The van der Waals surface area contributed by atoms with Crippen LogP contribution in [-0.2, 0) is 14.8 Å². The molecule has 0 spiro atoms. The van der Waals surface area contributed by atoms with Gasteiger partial charge in [-0.15, -0.1) is 0 Å². The number of H-pyrrole nitrogens is 1. The first-order chi connectivity index (χ1) is 15.3. The van der Waals surface area contributed by atoms with E-state index in [-0.39, 0.29) is 23.5 Å². The van der Waals surface area contributed by atoms with E-state index < -0.39 is 10.0 Å². The lowest BCUT2D eigenvalue weighted by molar-refractivity contribution is -0.119. The maximum atomic E-state index is 13.1. The molecule has 2 fully saturated rings. The number of anilines is 1. The lowest BCUT2D eigenvalue weighted by Gasteiger charge is -2.37. The van der Waals surface area contributed by atoms with E-state index in [9.17, 15) is 13.2 Å². The van der Waals surface area contributed by atoms with E-state index in [2.05, 4.69) is 32.2 Å². The number of hydrogen-bond acceptors (Lipinski definition) is 6. The molecule has 2 N–H and O–H groups in total. The first-order valence-corrected chi connectivity index (χ1v) is 13.2. The van der Waals surface area contributed by atoms with Crippen molar-refractivity contribution in [3.05, 3.63) is 18.6 Å². The lowest BCUT2D eigenvalue weighted by atomic mass is 9.86. The smallest absolute Gasteiger partial charge is 0.216 e. The maximum absolute atomic E-state index is 13.1. The average Bonchev–Trinajstić information content (AvgIpc) is 3.27. The second-order valence-corrected chi connectivity index (χ2v) is 11.3. The van der Waals surface area contributed by atoms with Crippen LogP contribution in [-0.4, -0.2) is 72.1 Å². The van der Waals surface area contributed by atoms with Crippen molar-refractivity contribution in [3.8, 4) is 0 Å². The Morgan fingerprint density at radius 2 is 2.00 bits per heavy atom. The molecular weight excluding hydrogens is 428 g/mol. The fourth-order valence-corrected chi connectivity index (χ4v) is 7.13. The minimum Gasteiger partial charge on any atom is -0.356 e. The van der Waals surface area contributed by atoms with Gasteiger partial charge in [-0.05, 0) is 56.4 Å². The molecule has 0 radical (unpaired) electrons. The summed E-state index contributed by atoms with van der Waals surface area (Å²) in [7, 11) is -1.21. The van der Waals surface area contributed by atoms with Crippen LogP contribution < -0.4 is 10.2 Å². The molecule has 4 rings (SSSR count). The predicted molar refractivity (Wildman–Crippen MR) is 125 cm³/mol. The van der Waals surface area contributed by atoms with Crippen molar-refractivity contribution in [1.29, 1.82) is 0 Å². The van der Waals surface area contributed by atoms with Crippen molar-refractivity contribution in [2.24, 2.45) is 11.8 Å². The van der Waals surface area contributed by atoms with Gasteiger partial charge in [0.1, 0.15) is 17.8 Å². The van der Waals surface area contributed by atoms with Gasteiger partial charge in [-0.1, -0.05) is 0 Å². The highest BCUT2D eigenvalue weighted by atomic mass is 32.2. The van der Waals surface area contributed by atoms with Crippen LogP contribution in [0.3, 0.4) is 0 Å². The van der Waals surface area contributed by atoms with Gasteiger partial charge in [-0.3, -0.25) is 4.79 Å². The number of aromatic amines is 1. The quantitative estimate of drug-likeness (QED) is 0.652. The van der Waals surface area contributed by atoms with Crippen LogP contribution in [0.1, 0.15) is 45.4 Å². The Kier molecular flexibility index (Phi) is 6.99. The van der Waals surface area contributed by atoms with Crippen molar-refractivity contribution in [2.45, 2.75) is 51.5 Å². The number of nitrogens with zero attached hydrogens (tertiary/aromatic N) is 4. The van der Waals surface area contributed by atoms with E-state index in [1.807, 2.05) is 12.3 Å². The molecule has 1 aliphatic heterocycles. The van der Waals surface area contributed by atoms with Gasteiger partial charge in [-0.2, -0.15) is 0 Å². The molecule has 1 amide bonds. The predicted octanol–water partition coefficient (Wildman–Crippen LogP) is 2.13. The summed E-state index contributed by atoms with van der Waals surface area (Å²) in [5.41, 5.74) is 0.833. The normalized spacial score (nSPS) is 25.0. The Morgan fingerprint density at radius 1 is 1.22 bits per heavy atom. The third-order valence-corrected chi connectivity index (χ3v) is 9.00. The van der Waals surface area contributed by atoms with E-state index in [1.165, 1.54) is 6.92 Å². The van der Waals surface area contributed by atoms with Gasteiger partial charge in [0.15, 0.2) is 0 Å². The number of carbonyl (C=O) groups is 1. The summed E-state index contributed by atoms with van der Waals surface area (Å²) in [6.07, 6.45) is 8.99. The molecule has 9 nitrogen and oxygen atoms in total. The highest BCUT2D eigenvalue weighted by molar-refractivity contribution is 7.89. The minimum atomic E-state index is -3.28. The molecule has 10 heteroatoms. The van der Waals surface area contributed by atoms with Crippen LogP contribution in [0.4, 0.5) is 5.82 Å². The Hall–Kier alpha value is -2.20. The van der Waals surface area contributed by atoms with E-state index in [0.29, 0.717) is 25.7 Å². The molecular formula is C22H34N6O3S. The van der Waals surface area contributed by atoms with Crippen molar-refractivity contribution >= 4 is 32.8 Å².